The van der Waals surface area contributed by atoms with Gasteiger partial charge in [0.2, 0.25) is 0 Å². The first kappa shape index (κ1) is 20.5. The molecule has 0 saturated heterocycles. The first-order valence-electron chi connectivity index (χ1n) is 8.39. The predicted molar refractivity (Wildman–Crippen MR) is 107 cm³/mol. The van der Waals surface area contributed by atoms with Gasteiger partial charge in [-0.2, -0.15) is 4.58 Å². The average molecular weight is 475 g/mol. The Bertz CT molecular complexity index is 928. The summed E-state index contributed by atoms with van der Waals surface area (Å²) in [5.41, 5.74) is -2.12. The van der Waals surface area contributed by atoms with Gasteiger partial charge in [-0.25, -0.2) is 0 Å². The Labute approximate surface area is 174 Å². The van der Waals surface area contributed by atoms with E-state index in [0.29, 0.717) is 23.6 Å². The Morgan fingerprint density at radius 2 is 2.00 bits per heavy atom. The quantitative estimate of drug-likeness (QED) is 0.467. The molecule has 1 aliphatic heterocycles. The highest BCUT2D eigenvalue weighted by Gasteiger charge is 2.29. The van der Waals surface area contributed by atoms with E-state index in [4.69, 9.17) is 16.3 Å². The fourth-order valence-corrected chi connectivity index (χ4v) is 3.51. The van der Waals surface area contributed by atoms with E-state index in [-0.39, 0.29) is 17.7 Å². The Morgan fingerprint density at radius 1 is 1.32 bits per heavy atom. The molecule has 28 heavy (non-hydrogen) atoms. The SMILES string of the molecule is CC(C)[N+]1=CCOc2cc(C(=O)Nc3ccc(OC(F)(F)Cl)cc3)cc(Br)c21. The molecule has 148 valence electrons. The summed E-state index contributed by atoms with van der Waals surface area (Å²) in [5, 5.41) is 2.70. The summed E-state index contributed by atoms with van der Waals surface area (Å²) < 4.78 is 38.0. The summed E-state index contributed by atoms with van der Waals surface area (Å²) in [6, 6.07) is 9.06. The fourth-order valence-electron chi connectivity index (χ4n) is 2.78. The van der Waals surface area contributed by atoms with Gasteiger partial charge in [-0.3, -0.25) is 4.79 Å². The topological polar surface area (TPSA) is 50.6 Å². The molecule has 0 radical (unpaired) electrons. The van der Waals surface area contributed by atoms with Crippen LogP contribution in [0, 0.1) is 0 Å². The second-order valence-corrected chi connectivity index (χ2v) is 7.62. The Morgan fingerprint density at radius 3 is 2.61 bits per heavy atom. The molecule has 2 aromatic carbocycles. The lowest BCUT2D eigenvalue weighted by Crippen LogP contribution is -2.25. The normalized spacial score (nSPS) is 13.5. The number of benzene rings is 2. The van der Waals surface area contributed by atoms with E-state index >= 15 is 0 Å². The molecule has 2 aromatic rings. The minimum Gasteiger partial charge on any atom is -0.476 e. The summed E-state index contributed by atoms with van der Waals surface area (Å²) in [7, 11) is 0. The number of nitrogens with one attached hydrogen (secondary N) is 1. The molecule has 0 saturated carbocycles. The highest BCUT2D eigenvalue weighted by atomic mass is 79.9. The number of alkyl halides is 3. The molecule has 1 N–H and O–H groups in total. The molecule has 1 heterocycles. The molecular weight excluding hydrogens is 458 g/mol. The molecule has 3 rings (SSSR count). The van der Waals surface area contributed by atoms with Gasteiger partial charge >= 0.3 is 5.57 Å². The second kappa shape index (κ2) is 8.05. The van der Waals surface area contributed by atoms with Gasteiger partial charge in [0.05, 0.1) is 4.47 Å². The maximum Gasteiger partial charge on any atom is 0.487 e. The number of carbonyl (C=O) groups is 1. The minimum absolute atomic E-state index is 0.118. The number of rotatable bonds is 5. The monoisotopic (exact) mass is 473 g/mol. The largest absolute Gasteiger partial charge is 0.487 e. The van der Waals surface area contributed by atoms with E-state index in [1.807, 2.05) is 6.21 Å². The van der Waals surface area contributed by atoms with Crippen molar-refractivity contribution in [3.63, 3.8) is 0 Å². The first-order valence-corrected chi connectivity index (χ1v) is 9.56. The van der Waals surface area contributed by atoms with Crippen molar-refractivity contribution in [2.45, 2.75) is 25.5 Å². The number of nitrogens with zero attached hydrogens (tertiary/aromatic N) is 1. The summed E-state index contributed by atoms with van der Waals surface area (Å²) in [6.07, 6.45) is 1.95. The molecule has 1 aliphatic rings. The minimum atomic E-state index is -3.79. The molecule has 0 unspecified atom stereocenters. The molecule has 9 heteroatoms. The van der Waals surface area contributed by atoms with Crippen LogP contribution in [0.1, 0.15) is 24.2 Å². The van der Waals surface area contributed by atoms with Gasteiger partial charge < -0.3 is 14.8 Å². The second-order valence-electron chi connectivity index (χ2n) is 6.33. The third-order valence-electron chi connectivity index (χ3n) is 3.96. The molecule has 0 bridgehead atoms. The van der Waals surface area contributed by atoms with E-state index in [1.54, 1.807) is 12.1 Å². The molecule has 1 amide bonds. The predicted octanol–water partition coefficient (Wildman–Crippen LogP) is 5.38. The summed E-state index contributed by atoms with van der Waals surface area (Å²) in [4.78, 5) is 12.6. The lowest BCUT2D eigenvalue weighted by molar-refractivity contribution is -0.476. The number of ether oxygens (including phenoxy) is 2. The number of carbonyl (C=O) groups excluding carboxylic acids is 1. The third-order valence-corrected chi connectivity index (χ3v) is 4.64. The van der Waals surface area contributed by atoms with Crippen molar-refractivity contribution in [1.82, 2.24) is 0 Å². The Kier molecular flexibility index (Phi) is 5.90. The number of amides is 1. The lowest BCUT2D eigenvalue weighted by atomic mass is 10.1. The van der Waals surface area contributed by atoms with Crippen molar-refractivity contribution < 1.29 is 27.6 Å². The maximum absolute atomic E-state index is 12.6. The van der Waals surface area contributed by atoms with Gasteiger partial charge in [-0.1, -0.05) is 0 Å². The van der Waals surface area contributed by atoms with Gasteiger partial charge in [-0.15, -0.1) is 8.78 Å². The zero-order valence-electron chi connectivity index (χ0n) is 15.0. The van der Waals surface area contributed by atoms with E-state index < -0.39 is 5.57 Å². The highest BCUT2D eigenvalue weighted by molar-refractivity contribution is 9.10. The fraction of sp³-hybridized carbons (Fsp3) is 0.263. The van der Waals surface area contributed by atoms with E-state index in [2.05, 4.69) is 44.4 Å². The van der Waals surface area contributed by atoms with Crippen LogP contribution in [-0.4, -0.2) is 34.9 Å². The van der Waals surface area contributed by atoms with Crippen molar-refractivity contribution in [2.75, 3.05) is 11.9 Å². The summed E-state index contributed by atoms with van der Waals surface area (Å²) in [5.74, 6) is 0.117. The van der Waals surface area contributed by atoms with Gasteiger partial charge in [0, 0.05) is 22.9 Å². The maximum atomic E-state index is 12.6. The van der Waals surface area contributed by atoms with Gasteiger partial charge in [0.25, 0.3) is 11.6 Å². The van der Waals surface area contributed by atoms with Gasteiger partial charge in [-0.05, 0) is 66.2 Å². The van der Waals surface area contributed by atoms with Crippen LogP contribution in [0.25, 0.3) is 0 Å². The van der Waals surface area contributed by atoms with Crippen LogP contribution in [0.15, 0.2) is 40.9 Å². The van der Waals surface area contributed by atoms with Crippen LogP contribution >= 0.6 is 27.5 Å². The van der Waals surface area contributed by atoms with E-state index in [1.165, 1.54) is 24.3 Å². The molecule has 0 atom stereocenters. The molecule has 0 aromatic heterocycles. The van der Waals surface area contributed by atoms with Crippen molar-refractivity contribution in [3.8, 4) is 11.5 Å². The van der Waals surface area contributed by atoms with Crippen LogP contribution in [0.2, 0.25) is 0 Å². The smallest absolute Gasteiger partial charge is 0.476 e. The van der Waals surface area contributed by atoms with Crippen molar-refractivity contribution in [3.05, 3.63) is 46.4 Å². The summed E-state index contributed by atoms with van der Waals surface area (Å²) in [6.45, 7) is 4.54. The standard InChI is InChI=1S/C19H16BrClF2N2O3/c1-11(2)25-7-8-27-16-10-12(9-15(20)17(16)25)18(26)24-13-3-5-14(6-4-13)28-19(21,22)23/h3-7,9-11H,8H2,1-2H3/p+1. The van der Waals surface area contributed by atoms with Crippen molar-refractivity contribution in [2.24, 2.45) is 0 Å². The van der Waals surface area contributed by atoms with E-state index in [9.17, 15) is 13.6 Å². The van der Waals surface area contributed by atoms with Crippen LogP contribution in [0.5, 0.6) is 11.5 Å². The van der Waals surface area contributed by atoms with Crippen LogP contribution in [0.4, 0.5) is 20.2 Å². The zero-order valence-corrected chi connectivity index (χ0v) is 17.4. The molecule has 0 aliphatic carbocycles. The summed E-state index contributed by atoms with van der Waals surface area (Å²) >= 11 is 8.24. The molecule has 0 fully saturated rings. The Hall–Kier alpha value is -2.19. The van der Waals surface area contributed by atoms with Gasteiger partial charge in [0.15, 0.2) is 24.6 Å². The average Bonchev–Trinajstić information content (AvgIpc) is 2.61. The molecule has 0 spiro atoms. The first-order chi connectivity index (χ1) is 13.1. The number of anilines is 1. The van der Waals surface area contributed by atoms with Crippen molar-refractivity contribution in [1.29, 1.82) is 0 Å². The number of halogens is 4. The highest BCUT2D eigenvalue weighted by Crippen LogP contribution is 2.39. The van der Waals surface area contributed by atoms with Crippen molar-refractivity contribution >= 4 is 51.0 Å². The number of hydrogen-bond donors (Lipinski definition) is 1. The molecular formula is C19H17BrClF2N2O3+. The molecule has 5 nitrogen and oxygen atoms in total. The third kappa shape index (κ3) is 4.80. The lowest BCUT2D eigenvalue weighted by Gasteiger charge is -2.18. The zero-order chi connectivity index (χ0) is 20.5. The van der Waals surface area contributed by atoms with Crippen LogP contribution < -0.4 is 14.8 Å². The van der Waals surface area contributed by atoms with Crippen LogP contribution in [-0.2, 0) is 0 Å². The van der Waals surface area contributed by atoms with Crippen LogP contribution in [0.3, 0.4) is 0 Å². The van der Waals surface area contributed by atoms with E-state index in [0.717, 1.165) is 10.2 Å². The number of fused-ring (bicyclic) bond motifs is 1. The Balaban J connectivity index is 1.79. The van der Waals surface area contributed by atoms with Gasteiger partial charge in [0.1, 0.15) is 5.75 Å². The number of hydrogen-bond acceptors (Lipinski definition) is 3.